The van der Waals surface area contributed by atoms with Crippen LogP contribution in [0.1, 0.15) is 76.0 Å². The number of carboxylic acids is 1. The molecule has 3 rings (SSSR count). The van der Waals surface area contributed by atoms with Crippen molar-refractivity contribution in [3.8, 4) is 0 Å². The molecule has 1 fully saturated rings. The van der Waals surface area contributed by atoms with Crippen molar-refractivity contribution in [3.05, 3.63) is 23.4 Å². The maximum atomic E-state index is 13.4. The highest BCUT2D eigenvalue weighted by Gasteiger charge is 2.32. The van der Waals surface area contributed by atoms with Crippen molar-refractivity contribution in [1.82, 2.24) is 15.2 Å². The molecule has 8 nitrogen and oxygen atoms in total. The summed E-state index contributed by atoms with van der Waals surface area (Å²) >= 11 is 0. The molecule has 0 spiro atoms. The molecule has 0 unspecified atom stereocenters. The minimum Gasteiger partial charge on any atom is -0.480 e. The van der Waals surface area contributed by atoms with Gasteiger partial charge in [0.15, 0.2) is 0 Å². The number of carbonyl (C=O) groups excluding carboxylic acids is 1. The Morgan fingerprint density at radius 3 is 2.73 bits per heavy atom. The average Bonchev–Trinajstić information content (AvgIpc) is 3.32. The Labute approximate surface area is 220 Å². The van der Waals surface area contributed by atoms with E-state index >= 15 is 0 Å². The molecule has 0 saturated heterocycles. The quantitative estimate of drug-likeness (QED) is 0.283. The molecule has 9 heteroatoms. The Bertz CT molecular complexity index is 874. The van der Waals surface area contributed by atoms with Gasteiger partial charge in [0.2, 0.25) is 5.91 Å². The highest BCUT2D eigenvalue weighted by atomic mass is 19.1. The molecular formula is C28H45FN4O4. The molecule has 1 amide bonds. The largest absolute Gasteiger partial charge is 0.480 e. The predicted octanol–water partition coefficient (Wildman–Crippen LogP) is 3.98. The maximum absolute atomic E-state index is 13.4. The first-order valence-electron chi connectivity index (χ1n) is 13.9. The van der Waals surface area contributed by atoms with Crippen LogP contribution >= 0.6 is 0 Å². The number of nitrogens with one attached hydrogen (secondary N) is 2. The predicted molar refractivity (Wildman–Crippen MR) is 143 cm³/mol. The van der Waals surface area contributed by atoms with Gasteiger partial charge in [0.1, 0.15) is 18.5 Å². The standard InChI is InChI=1S/C28H45FN4O4/c1-28(13-4-5-14-28)18-25(34)32-24(27(35)36)12-17-33(20-23(19-29)37-2)16-6-3-9-22-11-10-21-8-7-15-30-26(21)31-22/h10-11,23-24H,3-9,12-20H2,1-2H3,(H,30,31)(H,32,34)(H,35,36)/t23-,24+/m1/s1. The molecule has 1 aromatic heterocycles. The van der Waals surface area contributed by atoms with Gasteiger partial charge < -0.3 is 25.4 Å². The number of pyridine rings is 1. The van der Waals surface area contributed by atoms with E-state index in [9.17, 15) is 19.1 Å². The van der Waals surface area contributed by atoms with Gasteiger partial charge in [-0.05, 0) is 75.0 Å². The van der Waals surface area contributed by atoms with Crippen molar-refractivity contribution in [2.45, 2.75) is 89.7 Å². The number of aryl methyl sites for hydroxylation is 2. The van der Waals surface area contributed by atoms with Gasteiger partial charge in [0, 0.05) is 38.9 Å². The second-order valence-corrected chi connectivity index (χ2v) is 11.1. The third kappa shape index (κ3) is 9.52. The third-order valence-electron chi connectivity index (χ3n) is 7.84. The van der Waals surface area contributed by atoms with E-state index in [1.54, 1.807) is 0 Å². The van der Waals surface area contributed by atoms with Gasteiger partial charge in [-0.25, -0.2) is 14.2 Å². The summed E-state index contributed by atoms with van der Waals surface area (Å²) in [7, 11) is 1.49. The fourth-order valence-corrected chi connectivity index (χ4v) is 5.53. The van der Waals surface area contributed by atoms with Crippen molar-refractivity contribution < 1.29 is 23.8 Å². The van der Waals surface area contributed by atoms with E-state index in [0.29, 0.717) is 26.1 Å². The maximum Gasteiger partial charge on any atom is 0.326 e. The number of unbranched alkanes of at least 4 members (excludes halogenated alkanes) is 1. The number of carboxylic acid groups (broad SMARTS) is 1. The number of amides is 1. The molecule has 1 aliphatic carbocycles. The summed E-state index contributed by atoms with van der Waals surface area (Å²) in [5, 5.41) is 15.8. The summed E-state index contributed by atoms with van der Waals surface area (Å²) in [4.78, 5) is 31.3. The topological polar surface area (TPSA) is 104 Å². The minimum atomic E-state index is -1.04. The smallest absolute Gasteiger partial charge is 0.326 e. The first kappa shape index (κ1) is 29.3. The number of alkyl halides is 1. The summed E-state index contributed by atoms with van der Waals surface area (Å²) < 4.78 is 18.6. The van der Waals surface area contributed by atoms with Crippen LogP contribution in [-0.2, 0) is 27.2 Å². The molecule has 1 aliphatic heterocycles. The number of anilines is 1. The lowest BCUT2D eigenvalue weighted by atomic mass is 9.85. The fourth-order valence-electron chi connectivity index (χ4n) is 5.53. The van der Waals surface area contributed by atoms with E-state index < -0.39 is 24.8 Å². The molecular weight excluding hydrogens is 475 g/mol. The number of fused-ring (bicyclic) bond motifs is 1. The van der Waals surface area contributed by atoms with Crippen LogP contribution in [0.25, 0.3) is 0 Å². The zero-order chi connectivity index (χ0) is 26.7. The van der Waals surface area contributed by atoms with Crippen LogP contribution in [0.15, 0.2) is 12.1 Å². The normalized spacial score (nSPS) is 18.2. The molecule has 3 N–H and O–H groups in total. The zero-order valence-electron chi connectivity index (χ0n) is 22.6. The molecule has 0 radical (unpaired) electrons. The van der Waals surface area contributed by atoms with Gasteiger partial charge in [-0.15, -0.1) is 0 Å². The van der Waals surface area contributed by atoms with Crippen LogP contribution < -0.4 is 10.6 Å². The summed E-state index contributed by atoms with van der Waals surface area (Å²) in [6.45, 7) is 3.99. The van der Waals surface area contributed by atoms with Crippen LogP contribution in [0.5, 0.6) is 0 Å². The minimum absolute atomic E-state index is 0.0328. The first-order valence-corrected chi connectivity index (χ1v) is 13.9. The average molecular weight is 521 g/mol. The third-order valence-corrected chi connectivity index (χ3v) is 7.84. The highest BCUT2D eigenvalue weighted by molar-refractivity contribution is 5.83. The molecule has 0 bridgehead atoms. The number of nitrogens with zero attached hydrogens (tertiary/aromatic N) is 2. The van der Waals surface area contributed by atoms with Crippen molar-refractivity contribution in [2.75, 3.05) is 45.3 Å². The number of hydrogen-bond donors (Lipinski definition) is 3. The van der Waals surface area contributed by atoms with E-state index in [1.807, 2.05) is 0 Å². The second-order valence-electron chi connectivity index (χ2n) is 11.1. The summed E-state index contributed by atoms with van der Waals surface area (Å²) in [5.74, 6) is -0.236. The number of rotatable bonds is 16. The van der Waals surface area contributed by atoms with E-state index in [0.717, 1.165) is 75.8 Å². The van der Waals surface area contributed by atoms with Crippen molar-refractivity contribution >= 4 is 17.7 Å². The number of methoxy groups -OCH3 is 1. The number of halogens is 1. The summed E-state index contributed by atoms with van der Waals surface area (Å²) in [5.41, 5.74) is 2.30. The van der Waals surface area contributed by atoms with Crippen LogP contribution in [0.3, 0.4) is 0 Å². The van der Waals surface area contributed by atoms with Crippen LogP contribution in [0, 0.1) is 5.41 Å². The first-order chi connectivity index (χ1) is 17.8. The van der Waals surface area contributed by atoms with Crippen LogP contribution in [-0.4, -0.2) is 79.0 Å². The van der Waals surface area contributed by atoms with Crippen LogP contribution in [0.2, 0.25) is 0 Å². The number of carbonyl (C=O) groups is 2. The van der Waals surface area contributed by atoms with Gasteiger partial charge in [-0.2, -0.15) is 0 Å². The van der Waals surface area contributed by atoms with Gasteiger partial charge in [0.05, 0.1) is 6.10 Å². The molecule has 1 aromatic rings. The van der Waals surface area contributed by atoms with Crippen molar-refractivity contribution in [3.63, 3.8) is 0 Å². The molecule has 1 saturated carbocycles. The zero-order valence-corrected chi connectivity index (χ0v) is 22.6. The lowest BCUT2D eigenvalue weighted by Gasteiger charge is -2.28. The lowest BCUT2D eigenvalue weighted by molar-refractivity contribution is -0.142. The van der Waals surface area contributed by atoms with Crippen LogP contribution in [0.4, 0.5) is 10.2 Å². The van der Waals surface area contributed by atoms with Crippen molar-refractivity contribution in [2.24, 2.45) is 5.41 Å². The van der Waals surface area contributed by atoms with E-state index in [2.05, 4.69) is 34.6 Å². The Kier molecular flexibility index (Phi) is 11.6. The highest BCUT2D eigenvalue weighted by Crippen LogP contribution is 2.40. The Morgan fingerprint density at radius 2 is 2.03 bits per heavy atom. The van der Waals surface area contributed by atoms with E-state index in [-0.39, 0.29) is 17.7 Å². The monoisotopic (exact) mass is 520 g/mol. The molecule has 2 atom stereocenters. The summed E-state index contributed by atoms with van der Waals surface area (Å²) in [6.07, 6.45) is 9.17. The molecule has 208 valence electrons. The number of hydrogen-bond acceptors (Lipinski definition) is 6. The Balaban J connectivity index is 1.49. The van der Waals surface area contributed by atoms with E-state index in [1.165, 1.54) is 12.7 Å². The number of aromatic nitrogens is 1. The van der Waals surface area contributed by atoms with Gasteiger partial charge >= 0.3 is 5.97 Å². The van der Waals surface area contributed by atoms with E-state index in [4.69, 9.17) is 9.72 Å². The number of aliphatic carboxylic acids is 1. The SMILES string of the molecule is CO[C@H](CF)CN(CCCCc1ccc2c(n1)NCCC2)CC[C@H](NC(=O)CC1(C)CCCC1)C(=O)O. The van der Waals surface area contributed by atoms with Gasteiger partial charge in [0.25, 0.3) is 0 Å². The fraction of sp³-hybridized carbons (Fsp3) is 0.750. The number of ether oxygens (including phenoxy) is 1. The molecule has 0 aromatic carbocycles. The second kappa shape index (κ2) is 14.6. The summed E-state index contributed by atoms with van der Waals surface area (Å²) in [6, 6.07) is 3.30. The Hall–Kier alpha value is -2.26. The molecule has 2 heterocycles. The Morgan fingerprint density at radius 1 is 1.24 bits per heavy atom. The molecule has 2 aliphatic rings. The van der Waals surface area contributed by atoms with Gasteiger partial charge in [-0.1, -0.05) is 25.8 Å². The lowest BCUT2D eigenvalue weighted by Crippen LogP contribution is -2.45. The molecule has 37 heavy (non-hydrogen) atoms. The van der Waals surface area contributed by atoms with Crippen molar-refractivity contribution in [1.29, 1.82) is 0 Å². The van der Waals surface area contributed by atoms with Gasteiger partial charge in [-0.3, -0.25) is 4.79 Å².